The first kappa shape index (κ1) is 15.0. The molecule has 1 aromatic rings. The van der Waals surface area contributed by atoms with Gasteiger partial charge in [-0.05, 0) is 44.3 Å². The van der Waals surface area contributed by atoms with Crippen LogP contribution in [-0.2, 0) is 11.3 Å². The lowest BCUT2D eigenvalue weighted by Gasteiger charge is -2.30. The van der Waals surface area contributed by atoms with Crippen molar-refractivity contribution in [2.75, 3.05) is 26.2 Å². The average Bonchev–Trinajstić information content (AvgIpc) is 2.99. The molecule has 0 spiro atoms. The SMILES string of the molecule is CCCN(CC1CCCNC1)C(=O)CCn1cccn1. The molecule has 1 atom stereocenters. The fraction of sp³-hybridized carbons (Fsp3) is 0.733. The Bertz CT molecular complexity index is 385. The summed E-state index contributed by atoms with van der Waals surface area (Å²) < 4.78 is 1.82. The Hall–Kier alpha value is -1.36. The number of carbonyl (C=O) groups excluding carboxylic acids is 1. The quantitative estimate of drug-likeness (QED) is 0.822. The number of nitrogens with one attached hydrogen (secondary N) is 1. The highest BCUT2D eigenvalue weighted by Gasteiger charge is 2.20. The van der Waals surface area contributed by atoms with Gasteiger partial charge in [0.2, 0.25) is 5.91 Å². The van der Waals surface area contributed by atoms with Crippen LogP contribution in [0.3, 0.4) is 0 Å². The van der Waals surface area contributed by atoms with Gasteiger partial charge in [0, 0.05) is 38.4 Å². The third-order valence-electron chi connectivity index (χ3n) is 3.84. The highest BCUT2D eigenvalue weighted by atomic mass is 16.2. The first-order valence-electron chi connectivity index (χ1n) is 7.75. The second kappa shape index (κ2) is 8.04. The second-order valence-electron chi connectivity index (χ2n) is 5.57. The van der Waals surface area contributed by atoms with E-state index in [0.29, 0.717) is 18.9 Å². The number of piperidine rings is 1. The van der Waals surface area contributed by atoms with Gasteiger partial charge in [-0.25, -0.2) is 0 Å². The second-order valence-corrected chi connectivity index (χ2v) is 5.57. The lowest BCUT2D eigenvalue weighted by atomic mass is 9.99. The molecule has 1 N–H and O–H groups in total. The van der Waals surface area contributed by atoms with Gasteiger partial charge in [0.15, 0.2) is 0 Å². The lowest BCUT2D eigenvalue weighted by Crippen LogP contribution is -2.41. The maximum atomic E-state index is 12.4. The molecule has 1 aliphatic heterocycles. The molecule has 0 radical (unpaired) electrons. The van der Waals surface area contributed by atoms with Gasteiger partial charge in [-0.15, -0.1) is 0 Å². The smallest absolute Gasteiger partial charge is 0.224 e. The minimum Gasteiger partial charge on any atom is -0.342 e. The topological polar surface area (TPSA) is 50.2 Å². The predicted octanol–water partition coefficient (Wildman–Crippen LogP) is 1.51. The van der Waals surface area contributed by atoms with Crippen LogP contribution in [0.2, 0.25) is 0 Å². The summed E-state index contributed by atoms with van der Waals surface area (Å²) in [5.74, 6) is 0.872. The molecule has 0 saturated carbocycles. The standard InChI is InChI=1S/C15H26N4O/c1-2-9-18(13-14-5-3-7-16-12-14)15(20)6-11-19-10-4-8-17-19/h4,8,10,14,16H,2-3,5-7,9,11-13H2,1H3. The van der Waals surface area contributed by atoms with Gasteiger partial charge >= 0.3 is 0 Å². The summed E-state index contributed by atoms with van der Waals surface area (Å²) in [4.78, 5) is 14.4. The molecule has 1 aliphatic rings. The van der Waals surface area contributed by atoms with E-state index in [1.54, 1.807) is 6.20 Å². The van der Waals surface area contributed by atoms with Crippen molar-refractivity contribution in [1.82, 2.24) is 20.0 Å². The summed E-state index contributed by atoms with van der Waals surface area (Å²) >= 11 is 0. The molecule has 0 aromatic carbocycles. The Balaban J connectivity index is 1.81. The van der Waals surface area contributed by atoms with Crippen LogP contribution in [0.5, 0.6) is 0 Å². The summed E-state index contributed by atoms with van der Waals surface area (Å²) in [7, 11) is 0. The van der Waals surface area contributed by atoms with Crippen LogP contribution in [0.15, 0.2) is 18.5 Å². The molecular weight excluding hydrogens is 252 g/mol. The molecular formula is C15H26N4O. The zero-order valence-corrected chi connectivity index (χ0v) is 12.4. The molecule has 2 rings (SSSR count). The third-order valence-corrected chi connectivity index (χ3v) is 3.84. The van der Waals surface area contributed by atoms with Crippen LogP contribution in [0.4, 0.5) is 0 Å². The molecule has 112 valence electrons. The van der Waals surface area contributed by atoms with Crippen molar-refractivity contribution in [3.05, 3.63) is 18.5 Å². The van der Waals surface area contributed by atoms with E-state index in [9.17, 15) is 4.79 Å². The third kappa shape index (κ3) is 4.63. The first-order valence-corrected chi connectivity index (χ1v) is 7.75. The minimum atomic E-state index is 0.257. The van der Waals surface area contributed by atoms with Crippen molar-refractivity contribution in [2.45, 2.75) is 39.2 Å². The fourth-order valence-corrected chi connectivity index (χ4v) is 2.78. The molecule has 5 heteroatoms. The lowest BCUT2D eigenvalue weighted by molar-refractivity contribution is -0.132. The molecule has 20 heavy (non-hydrogen) atoms. The number of amides is 1. The zero-order chi connectivity index (χ0) is 14.2. The normalized spacial score (nSPS) is 18.9. The minimum absolute atomic E-state index is 0.257. The van der Waals surface area contributed by atoms with Crippen LogP contribution in [0, 0.1) is 5.92 Å². The maximum absolute atomic E-state index is 12.4. The number of rotatable bonds is 7. The number of aromatic nitrogens is 2. The summed E-state index contributed by atoms with van der Waals surface area (Å²) in [5, 5.41) is 7.57. The monoisotopic (exact) mass is 278 g/mol. The molecule has 2 heterocycles. The summed E-state index contributed by atoms with van der Waals surface area (Å²) in [6.45, 7) is 6.75. The van der Waals surface area contributed by atoms with Crippen molar-refractivity contribution in [2.24, 2.45) is 5.92 Å². The highest BCUT2D eigenvalue weighted by molar-refractivity contribution is 5.76. The number of hydrogen-bond acceptors (Lipinski definition) is 3. The Labute approximate surface area is 121 Å². The van der Waals surface area contributed by atoms with Gasteiger partial charge in [0.05, 0.1) is 0 Å². The van der Waals surface area contributed by atoms with Crippen LogP contribution >= 0.6 is 0 Å². The largest absolute Gasteiger partial charge is 0.342 e. The van der Waals surface area contributed by atoms with E-state index >= 15 is 0 Å². The number of aryl methyl sites for hydroxylation is 1. The van der Waals surface area contributed by atoms with Gasteiger partial charge in [0.1, 0.15) is 0 Å². The van der Waals surface area contributed by atoms with E-state index in [4.69, 9.17) is 0 Å². The van der Waals surface area contributed by atoms with Gasteiger partial charge in [-0.2, -0.15) is 5.10 Å². The molecule has 1 amide bonds. The van der Waals surface area contributed by atoms with E-state index in [1.165, 1.54) is 12.8 Å². The molecule has 1 fully saturated rings. The molecule has 5 nitrogen and oxygen atoms in total. The van der Waals surface area contributed by atoms with E-state index < -0.39 is 0 Å². The van der Waals surface area contributed by atoms with Crippen molar-refractivity contribution in [1.29, 1.82) is 0 Å². The molecule has 1 unspecified atom stereocenters. The summed E-state index contributed by atoms with van der Waals surface area (Å²) in [6, 6.07) is 1.89. The van der Waals surface area contributed by atoms with E-state index in [2.05, 4.69) is 17.3 Å². The van der Waals surface area contributed by atoms with Gasteiger partial charge in [-0.3, -0.25) is 9.48 Å². The first-order chi connectivity index (χ1) is 9.79. The van der Waals surface area contributed by atoms with Crippen molar-refractivity contribution >= 4 is 5.91 Å². The fourth-order valence-electron chi connectivity index (χ4n) is 2.78. The van der Waals surface area contributed by atoms with E-state index in [0.717, 1.165) is 32.6 Å². The van der Waals surface area contributed by atoms with Gasteiger partial charge < -0.3 is 10.2 Å². The molecule has 1 aromatic heterocycles. The number of nitrogens with zero attached hydrogens (tertiary/aromatic N) is 3. The Morgan fingerprint density at radius 2 is 2.45 bits per heavy atom. The van der Waals surface area contributed by atoms with Gasteiger partial charge in [0.25, 0.3) is 0 Å². The number of hydrogen-bond donors (Lipinski definition) is 1. The average molecular weight is 278 g/mol. The maximum Gasteiger partial charge on any atom is 0.224 e. The Kier molecular flexibility index (Phi) is 6.05. The van der Waals surface area contributed by atoms with Crippen molar-refractivity contribution in [3.8, 4) is 0 Å². The highest BCUT2D eigenvalue weighted by Crippen LogP contribution is 2.13. The van der Waals surface area contributed by atoms with E-state index in [1.807, 2.05) is 21.8 Å². The zero-order valence-electron chi connectivity index (χ0n) is 12.4. The Morgan fingerprint density at radius 1 is 1.55 bits per heavy atom. The van der Waals surface area contributed by atoms with Crippen LogP contribution in [-0.4, -0.2) is 46.8 Å². The molecule has 0 aliphatic carbocycles. The van der Waals surface area contributed by atoms with Crippen LogP contribution in [0.1, 0.15) is 32.6 Å². The molecule has 1 saturated heterocycles. The Morgan fingerprint density at radius 3 is 3.10 bits per heavy atom. The van der Waals surface area contributed by atoms with Crippen LogP contribution in [0.25, 0.3) is 0 Å². The predicted molar refractivity (Wildman–Crippen MR) is 79.3 cm³/mol. The van der Waals surface area contributed by atoms with E-state index in [-0.39, 0.29) is 5.91 Å². The summed E-state index contributed by atoms with van der Waals surface area (Å²) in [5.41, 5.74) is 0. The number of carbonyl (C=O) groups is 1. The van der Waals surface area contributed by atoms with Gasteiger partial charge in [-0.1, -0.05) is 6.92 Å². The molecule has 0 bridgehead atoms. The van der Waals surface area contributed by atoms with Crippen molar-refractivity contribution < 1.29 is 4.79 Å². The summed E-state index contributed by atoms with van der Waals surface area (Å²) in [6.07, 6.45) is 7.69. The van der Waals surface area contributed by atoms with Crippen molar-refractivity contribution in [3.63, 3.8) is 0 Å². The van der Waals surface area contributed by atoms with Crippen LogP contribution < -0.4 is 5.32 Å².